The third-order valence-corrected chi connectivity index (χ3v) is 3.83. The van der Waals surface area contributed by atoms with Gasteiger partial charge in [0.25, 0.3) is 0 Å². The number of aliphatic hydroxyl groups excluding tert-OH is 1. The first-order valence-electron chi connectivity index (χ1n) is 7.12. The second kappa shape index (κ2) is 6.99. The third-order valence-electron chi connectivity index (χ3n) is 3.83. The molecule has 2 aliphatic rings. The SMILES string of the molecule is [CH2]COC1(C2(OCCOCCOCCO)CC2)CC1. The maximum Gasteiger partial charge on any atom is 0.0974 e. The van der Waals surface area contributed by atoms with Gasteiger partial charge in [-0.1, -0.05) is 0 Å². The average molecular weight is 273 g/mol. The summed E-state index contributed by atoms with van der Waals surface area (Å²) < 4.78 is 22.3. The van der Waals surface area contributed by atoms with Gasteiger partial charge in [-0.25, -0.2) is 0 Å². The molecule has 19 heavy (non-hydrogen) atoms. The molecular weight excluding hydrogens is 248 g/mol. The Balaban J connectivity index is 1.52. The Morgan fingerprint density at radius 3 is 1.84 bits per heavy atom. The van der Waals surface area contributed by atoms with E-state index in [1.165, 1.54) is 0 Å². The van der Waals surface area contributed by atoms with Crippen molar-refractivity contribution < 1.29 is 24.1 Å². The molecule has 0 spiro atoms. The van der Waals surface area contributed by atoms with Gasteiger partial charge in [-0.3, -0.25) is 0 Å². The van der Waals surface area contributed by atoms with E-state index in [4.69, 9.17) is 24.1 Å². The van der Waals surface area contributed by atoms with Gasteiger partial charge in [0.2, 0.25) is 0 Å². The van der Waals surface area contributed by atoms with E-state index < -0.39 is 0 Å². The van der Waals surface area contributed by atoms with Crippen LogP contribution in [0.4, 0.5) is 0 Å². The quantitative estimate of drug-likeness (QED) is 0.536. The average Bonchev–Trinajstić information content (AvgIpc) is 3.28. The van der Waals surface area contributed by atoms with Crippen molar-refractivity contribution in [2.45, 2.75) is 36.9 Å². The second-order valence-corrected chi connectivity index (χ2v) is 5.13. The van der Waals surface area contributed by atoms with Gasteiger partial charge >= 0.3 is 0 Å². The van der Waals surface area contributed by atoms with Crippen molar-refractivity contribution in [3.63, 3.8) is 0 Å². The number of ether oxygens (including phenoxy) is 4. The Bertz CT molecular complexity index is 261. The molecule has 2 rings (SSSR count). The van der Waals surface area contributed by atoms with Gasteiger partial charge in [0.15, 0.2) is 0 Å². The molecule has 2 aliphatic carbocycles. The van der Waals surface area contributed by atoms with E-state index in [2.05, 4.69) is 6.92 Å². The van der Waals surface area contributed by atoms with Crippen LogP contribution >= 0.6 is 0 Å². The minimum atomic E-state index is -0.0541. The van der Waals surface area contributed by atoms with Gasteiger partial charge in [0.05, 0.1) is 50.8 Å². The predicted molar refractivity (Wildman–Crippen MR) is 69.9 cm³/mol. The maximum absolute atomic E-state index is 8.53. The van der Waals surface area contributed by atoms with Crippen LogP contribution in [-0.4, -0.2) is 62.6 Å². The zero-order chi connectivity index (χ0) is 13.6. The van der Waals surface area contributed by atoms with Crippen molar-refractivity contribution in [2.24, 2.45) is 0 Å². The highest BCUT2D eigenvalue weighted by Crippen LogP contribution is 2.61. The summed E-state index contributed by atoms with van der Waals surface area (Å²) in [6, 6.07) is 0. The summed E-state index contributed by atoms with van der Waals surface area (Å²) in [7, 11) is 0. The van der Waals surface area contributed by atoms with Crippen LogP contribution in [0.2, 0.25) is 0 Å². The van der Waals surface area contributed by atoms with Crippen LogP contribution in [-0.2, 0) is 18.9 Å². The molecule has 0 heterocycles. The lowest BCUT2D eigenvalue weighted by atomic mass is 10.1. The molecule has 0 aromatic rings. The molecule has 1 N–H and O–H groups in total. The minimum Gasteiger partial charge on any atom is -0.394 e. The topological polar surface area (TPSA) is 57.2 Å². The fourth-order valence-electron chi connectivity index (χ4n) is 2.57. The summed E-state index contributed by atoms with van der Waals surface area (Å²) >= 11 is 0. The molecule has 1 radical (unpaired) electrons. The van der Waals surface area contributed by atoms with E-state index in [1.807, 2.05) is 0 Å². The third kappa shape index (κ3) is 3.89. The van der Waals surface area contributed by atoms with Gasteiger partial charge in [-0.05, 0) is 32.6 Å². The molecule has 0 aromatic carbocycles. The van der Waals surface area contributed by atoms with Crippen LogP contribution in [0, 0.1) is 6.92 Å². The van der Waals surface area contributed by atoms with Gasteiger partial charge < -0.3 is 24.1 Å². The van der Waals surface area contributed by atoms with Gasteiger partial charge in [-0.2, -0.15) is 0 Å². The van der Waals surface area contributed by atoms with Gasteiger partial charge in [0.1, 0.15) is 0 Å². The molecule has 111 valence electrons. The fraction of sp³-hybridized carbons (Fsp3) is 0.929. The number of hydrogen-bond donors (Lipinski definition) is 1. The van der Waals surface area contributed by atoms with Crippen molar-refractivity contribution in [2.75, 3.05) is 46.2 Å². The zero-order valence-corrected chi connectivity index (χ0v) is 11.6. The molecule has 5 nitrogen and oxygen atoms in total. The molecule has 0 saturated heterocycles. The smallest absolute Gasteiger partial charge is 0.0974 e. The monoisotopic (exact) mass is 273 g/mol. The van der Waals surface area contributed by atoms with E-state index in [0.717, 1.165) is 25.7 Å². The summed E-state index contributed by atoms with van der Waals surface area (Å²) in [6.07, 6.45) is 4.37. The lowest BCUT2D eigenvalue weighted by Crippen LogP contribution is -2.37. The zero-order valence-electron chi connectivity index (χ0n) is 11.6. The van der Waals surface area contributed by atoms with Crippen LogP contribution in [0.25, 0.3) is 0 Å². The van der Waals surface area contributed by atoms with E-state index >= 15 is 0 Å². The van der Waals surface area contributed by atoms with Crippen molar-refractivity contribution in [1.82, 2.24) is 0 Å². The largest absolute Gasteiger partial charge is 0.394 e. The highest BCUT2D eigenvalue weighted by Gasteiger charge is 2.67. The first-order chi connectivity index (χ1) is 9.29. The van der Waals surface area contributed by atoms with Crippen molar-refractivity contribution in [3.8, 4) is 0 Å². The molecule has 0 aliphatic heterocycles. The Hall–Kier alpha value is -0.200. The molecule has 0 aromatic heterocycles. The number of rotatable bonds is 12. The van der Waals surface area contributed by atoms with Crippen LogP contribution < -0.4 is 0 Å². The predicted octanol–water partition coefficient (Wildman–Crippen LogP) is 0.944. The first kappa shape index (κ1) is 15.2. The number of hydrogen-bond acceptors (Lipinski definition) is 5. The Kier molecular flexibility index (Phi) is 5.59. The van der Waals surface area contributed by atoms with E-state index in [9.17, 15) is 0 Å². The Labute approximate surface area is 115 Å². The summed E-state index contributed by atoms with van der Waals surface area (Å²) in [5.41, 5.74) is -0.0968. The normalized spacial score (nSPS) is 22.4. The second-order valence-electron chi connectivity index (χ2n) is 5.13. The Morgan fingerprint density at radius 1 is 0.789 bits per heavy atom. The van der Waals surface area contributed by atoms with Crippen molar-refractivity contribution in [1.29, 1.82) is 0 Å². The van der Waals surface area contributed by atoms with Crippen molar-refractivity contribution in [3.05, 3.63) is 6.92 Å². The lowest BCUT2D eigenvalue weighted by molar-refractivity contribution is -0.112. The summed E-state index contributed by atoms with van der Waals surface area (Å²) in [5.74, 6) is 0. The van der Waals surface area contributed by atoms with Crippen LogP contribution in [0.15, 0.2) is 0 Å². The van der Waals surface area contributed by atoms with Crippen molar-refractivity contribution >= 4 is 0 Å². The maximum atomic E-state index is 8.53. The molecule has 2 saturated carbocycles. The Morgan fingerprint density at radius 2 is 1.32 bits per heavy atom. The lowest BCUT2D eigenvalue weighted by Gasteiger charge is -2.27. The summed E-state index contributed by atoms with van der Waals surface area (Å²) in [6.45, 7) is 6.93. The highest BCUT2D eigenvalue weighted by atomic mass is 16.6. The highest BCUT2D eigenvalue weighted by molar-refractivity contribution is 5.20. The molecule has 5 heteroatoms. The molecule has 0 bridgehead atoms. The van der Waals surface area contributed by atoms with E-state index in [1.54, 1.807) is 0 Å². The number of aliphatic hydroxyl groups is 1. The molecule has 0 atom stereocenters. The summed E-state index contributed by atoms with van der Waals surface area (Å²) in [4.78, 5) is 0. The molecule has 0 unspecified atom stereocenters. The van der Waals surface area contributed by atoms with E-state index in [-0.39, 0.29) is 17.8 Å². The summed E-state index contributed by atoms with van der Waals surface area (Å²) in [5, 5.41) is 8.53. The molecule has 2 fully saturated rings. The van der Waals surface area contributed by atoms with Gasteiger partial charge in [-0.15, -0.1) is 0 Å². The molecule has 0 amide bonds. The van der Waals surface area contributed by atoms with Gasteiger partial charge in [0, 0.05) is 6.61 Å². The fourth-order valence-corrected chi connectivity index (χ4v) is 2.57. The van der Waals surface area contributed by atoms with Crippen LogP contribution in [0.1, 0.15) is 25.7 Å². The molecular formula is C14H25O5. The van der Waals surface area contributed by atoms with E-state index in [0.29, 0.717) is 39.6 Å². The van der Waals surface area contributed by atoms with Crippen LogP contribution in [0.3, 0.4) is 0 Å². The standard InChI is InChI=1S/C14H25O5/c1-2-18-13(3-4-13)14(5-6-14)19-12-11-17-10-9-16-8-7-15/h15H,1-12H2. The van der Waals surface area contributed by atoms with Crippen LogP contribution in [0.5, 0.6) is 0 Å². The minimum absolute atomic E-state index is 0.0427. The first-order valence-corrected chi connectivity index (χ1v) is 7.12.